The molecule has 0 unspecified atom stereocenters. The number of para-hydroxylation sites is 1. The molecule has 0 aromatic heterocycles. The zero-order valence-corrected chi connectivity index (χ0v) is 9.32. The lowest BCUT2D eigenvalue weighted by molar-refractivity contribution is -0.135. The average Bonchev–Trinajstić information content (AvgIpc) is 2.08. The van der Waals surface area contributed by atoms with Crippen LogP contribution in [0.2, 0.25) is 0 Å². The Bertz CT molecular complexity index is 312. The summed E-state index contributed by atoms with van der Waals surface area (Å²) in [7, 11) is 0. The molecule has 0 aliphatic carbocycles. The van der Waals surface area contributed by atoms with E-state index in [2.05, 4.69) is 22.6 Å². The Hall–Kier alpha value is -0.620. The predicted molar refractivity (Wildman–Crippen MR) is 58.4 cm³/mol. The van der Waals surface area contributed by atoms with Crippen LogP contribution in [0.1, 0.15) is 6.92 Å². The van der Waals surface area contributed by atoms with E-state index in [1.165, 1.54) is 0 Å². The topological polar surface area (TPSA) is 52.3 Å². The molecule has 0 saturated carbocycles. The third-order valence-electron chi connectivity index (χ3n) is 1.42. The summed E-state index contributed by atoms with van der Waals surface area (Å²) in [4.78, 5) is 11.1. The summed E-state index contributed by atoms with van der Waals surface area (Å²) in [6.07, 6.45) is 0. The standard InChI is InChI=1S/C9H10INO2/c1-6(11)9(12)13-8-5-3-2-4-7(8)10/h2-6H,11H2,1H3/t6-/m0/s1. The van der Waals surface area contributed by atoms with Crippen LogP contribution in [0.5, 0.6) is 5.75 Å². The fourth-order valence-electron chi connectivity index (χ4n) is 0.729. The molecule has 4 heteroatoms. The Balaban J connectivity index is 2.75. The van der Waals surface area contributed by atoms with Gasteiger partial charge in [0.25, 0.3) is 0 Å². The fourth-order valence-corrected chi connectivity index (χ4v) is 1.23. The smallest absolute Gasteiger partial charge is 0.328 e. The van der Waals surface area contributed by atoms with Crippen LogP contribution in [0.4, 0.5) is 0 Å². The molecule has 0 aliphatic rings. The van der Waals surface area contributed by atoms with Gasteiger partial charge in [-0.3, -0.25) is 0 Å². The lowest BCUT2D eigenvalue weighted by Gasteiger charge is -2.07. The first-order valence-electron chi connectivity index (χ1n) is 3.83. The Morgan fingerprint density at radius 3 is 2.69 bits per heavy atom. The first-order valence-corrected chi connectivity index (χ1v) is 4.91. The van der Waals surface area contributed by atoms with Crippen molar-refractivity contribution in [1.82, 2.24) is 0 Å². The minimum absolute atomic E-state index is 0.413. The van der Waals surface area contributed by atoms with E-state index in [0.29, 0.717) is 5.75 Å². The Morgan fingerprint density at radius 1 is 1.54 bits per heavy atom. The van der Waals surface area contributed by atoms with E-state index in [9.17, 15) is 4.79 Å². The van der Waals surface area contributed by atoms with Crippen LogP contribution in [-0.4, -0.2) is 12.0 Å². The Labute approximate surface area is 90.4 Å². The highest BCUT2D eigenvalue weighted by Crippen LogP contribution is 2.19. The second kappa shape index (κ2) is 4.57. The van der Waals surface area contributed by atoms with E-state index < -0.39 is 12.0 Å². The minimum Gasteiger partial charge on any atom is -0.424 e. The number of carbonyl (C=O) groups is 1. The number of carbonyl (C=O) groups excluding carboxylic acids is 1. The van der Waals surface area contributed by atoms with Crippen molar-refractivity contribution < 1.29 is 9.53 Å². The molecule has 0 radical (unpaired) electrons. The lowest BCUT2D eigenvalue weighted by atomic mass is 10.3. The highest BCUT2D eigenvalue weighted by molar-refractivity contribution is 14.1. The zero-order chi connectivity index (χ0) is 9.84. The van der Waals surface area contributed by atoms with Gasteiger partial charge in [-0.2, -0.15) is 0 Å². The van der Waals surface area contributed by atoms with Crippen LogP contribution < -0.4 is 10.5 Å². The maximum absolute atomic E-state index is 11.1. The van der Waals surface area contributed by atoms with Gasteiger partial charge in [0.1, 0.15) is 11.8 Å². The molecule has 1 aromatic rings. The van der Waals surface area contributed by atoms with E-state index in [0.717, 1.165) is 3.57 Å². The molecule has 0 amide bonds. The van der Waals surface area contributed by atoms with Crippen molar-refractivity contribution in [1.29, 1.82) is 0 Å². The number of hydrogen-bond donors (Lipinski definition) is 1. The maximum Gasteiger partial charge on any atom is 0.328 e. The first kappa shape index (κ1) is 10.5. The summed E-state index contributed by atoms with van der Waals surface area (Å²) in [6, 6.07) is 6.71. The summed E-state index contributed by atoms with van der Waals surface area (Å²) in [6.45, 7) is 1.60. The van der Waals surface area contributed by atoms with Crippen LogP contribution >= 0.6 is 22.6 Å². The molecule has 1 aromatic carbocycles. The third kappa shape index (κ3) is 2.96. The van der Waals surface area contributed by atoms with Crippen molar-refractivity contribution in [3.63, 3.8) is 0 Å². The van der Waals surface area contributed by atoms with Gasteiger partial charge >= 0.3 is 5.97 Å². The summed E-state index contributed by atoms with van der Waals surface area (Å²) in [5.74, 6) is 0.148. The molecule has 0 aliphatic heterocycles. The van der Waals surface area contributed by atoms with Gasteiger partial charge in [0.05, 0.1) is 3.57 Å². The van der Waals surface area contributed by atoms with E-state index in [1.54, 1.807) is 13.0 Å². The first-order chi connectivity index (χ1) is 6.11. The SMILES string of the molecule is C[C@H](N)C(=O)Oc1ccccc1I. The molecule has 1 rings (SSSR count). The molecule has 13 heavy (non-hydrogen) atoms. The summed E-state index contributed by atoms with van der Waals surface area (Å²) in [5.41, 5.74) is 5.36. The Morgan fingerprint density at radius 2 is 2.15 bits per heavy atom. The van der Waals surface area contributed by atoms with Crippen LogP contribution in [-0.2, 0) is 4.79 Å². The van der Waals surface area contributed by atoms with Gasteiger partial charge in [-0.05, 0) is 41.6 Å². The predicted octanol–water partition coefficient (Wildman–Crippen LogP) is 1.54. The fraction of sp³-hybridized carbons (Fsp3) is 0.222. The van der Waals surface area contributed by atoms with Crippen molar-refractivity contribution in [2.24, 2.45) is 5.73 Å². The molecular formula is C9H10INO2. The van der Waals surface area contributed by atoms with Crippen molar-refractivity contribution >= 4 is 28.6 Å². The molecule has 0 saturated heterocycles. The molecule has 0 bridgehead atoms. The van der Waals surface area contributed by atoms with Crippen LogP contribution in [0.15, 0.2) is 24.3 Å². The molecule has 0 fully saturated rings. The van der Waals surface area contributed by atoms with Crippen molar-refractivity contribution in [2.45, 2.75) is 13.0 Å². The molecule has 70 valence electrons. The highest BCUT2D eigenvalue weighted by Gasteiger charge is 2.11. The van der Waals surface area contributed by atoms with Gasteiger partial charge in [-0.15, -0.1) is 0 Å². The maximum atomic E-state index is 11.1. The molecule has 1 atom stereocenters. The quantitative estimate of drug-likeness (QED) is 0.511. The van der Waals surface area contributed by atoms with Gasteiger partial charge in [-0.1, -0.05) is 12.1 Å². The minimum atomic E-state index is -0.587. The van der Waals surface area contributed by atoms with Crippen molar-refractivity contribution in [3.05, 3.63) is 27.8 Å². The van der Waals surface area contributed by atoms with Crippen LogP contribution in [0, 0.1) is 3.57 Å². The molecule has 0 heterocycles. The monoisotopic (exact) mass is 291 g/mol. The average molecular weight is 291 g/mol. The number of rotatable bonds is 2. The molecule has 2 N–H and O–H groups in total. The molecule has 3 nitrogen and oxygen atoms in total. The van der Waals surface area contributed by atoms with Gasteiger partial charge < -0.3 is 10.5 Å². The largest absolute Gasteiger partial charge is 0.424 e. The van der Waals surface area contributed by atoms with Crippen molar-refractivity contribution in [3.8, 4) is 5.75 Å². The van der Waals surface area contributed by atoms with Crippen LogP contribution in [0.25, 0.3) is 0 Å². The summed E-state index contributed by atoms with van der Waals surface area (Å²) >= 11 is 2.10. The lowest BCUT2D eigenvalue weighted by Crippen LogP contribution is -2.31. The number of ether oxygens (including phenoxy) is 1. The number of hydrogen-bond acceptors (Lipinski definition) is 3. The second-order valence-corrected chi connectivity index (χ2v) is 3.80. The van der Waals surface area contributed by atoms with E-state index >= 15 is 0 Å². The number of esters is 1. The number of nitrogens with two attached hydrogens (primary N) is 1. The number of benzene rings is 1. The zero-order valence-electron chi connectivity index (χ0n) is 7.16. The number of halogens is 1. The van der Waals surface area contributed by atoms with E-state index in [-0.39, 0.29) is 0 Å². The van der Waals surface area contributed by atoms with E-state index in [4.69, 9.17) is 10.5 Å². The third-order valence-corrected chi connectivity index (χ3v) is 2.31. The highest BCUT2D eigenvalue weighted by atomic mass is 127. The van der Waals surface area contributed by atoms with Gasteiger partial charge in [0, 0.05) is 0 Å². The van der Waals surface area contributed by atoms with Gasteiger partial charge in [0.15, 0.2) is 0 Å². The molecule has 0 spiro atoms. The molecular weight excluding hydrogens is 281 g/mol. The Kier molecular flexibility index (Phi) is 3.68. The second-order valence-electron chi connectivity index (χ2n) is 2.64. The summed E-state index contributed by atoms with van der Waals surface area (Å²) < 4.78 is 5.93. The van der Waals surface area contributed by atoms with Crippen molar-refractivity contribution in [2.75, 3.05) is 0 Å². The normalized spacial score (nSPS) is 12.2. The summed E-state index contributed by atoms with van der Waals surface area (Å²) in [5, 5.41) is 0. The van der Waals surface area contributed by atoms with Crippen LogP contribution in [0.3, 0.4) is 0 Å². The van der Waals surface area contributed by atoms with E-state index in [1.807, 2.05) is 18.2 Å². The van der Waals surface area contributed by atoms with Gasteiger partial charge in [0.2, 0.25) is 0 Å². The van der Waals surface area contributed by atoms with Gasteiger partial charge in [-0.25, -0.2) is 4.79 Å².